The van der Waals surface area contributed by atoms with Crippen molar-refractivity contribution in [1.29, 1.82) is 0 Å². The number of carboxylic acids is 1. The average Bonchev–Trinajstić information content (AvgIpc) is 3.54. The van der Waals surface area contributed by atoms with Gasteiger partial charge in [-0.3, -0.25) is 4.79 Å². The summed E-state index contributed by atoms with van der Waals surface area (Å²) in [7, 11) is 0. The molecule has 2 aromatic rings. The van der Waals surface area contributed by atoms with Gasteiger partial charge in [0.25, 0.3) is 0 Å². The van der Waals surface area contributed by atoms with Crippen molar-refractivity contribution < 1.29 is 29.3 Å². The van der Waals surface area contributed by atoms with Crippen molar-refractivity contribution in [2.45, 2.75) is 62.1 Å². The van der Waals surface area contributed by atoms with Gasteiger partial charge in [0.05, 0.1) is 18.1 Å². The van der Waals surface area contributed by atoms with Crippen molar-refractivity contribution in [3.8, 4) is 11.1 Å². The van der Waals surface area contributed by atoms with Crippen LogP contribution in [-0.2, 0) is 14.3 Å². The fourth-order valence-corrected chi connectivity index (χ4v) is 5.96. The summed E-state index contributed by atoms with van der Waals surface area (Å²) in [4.78, 5) is 38.7. The normalized spacial score (nSPS) is 22.5. The number of aliphatic hydroxyl groups is 1. The second-order valence-corrected chi connectivity index (χ2v) is 9.90. The quantitative estimate of drug-likeness (QED) is 0.587. The molecule has 184 valence electrons. The summed E-state index contributed by atoms with van der Waals surface area (Å²) < 4.78 is 5.70. The zero-order chi connectivity index (χ0) is 24.6. The van der Waals surface area contributed by atoms with Crippen LogP contribution in [0.3, 0.4) is 0 Å². The molecule has 2 amide bonds. The van der Waals surface area contributed by atoms with Gasteiger partial charge in [0.1, 0.15) is 12.6 Å². The van der Waals surface area contributed by atoms with Gasteiger partial charge in [-0.05, 0) is 35.1 Å². The van der Waals surface area contributed by atoms with E-state index in [1.165, 1.54) is 4.90 Å². The lowest BCUT2D eigenvalue weighted by atomic mass is 9.92. The lowest BCUT2D eigenvalue weighted by Gasteiger charge is -2.32. The van der Waals surface area contributed by atoms with Crippen LogP contribution in [0.5, 0.6) is 0 Å². The van der Waals surface area contributed by atoms with Crippen LogP contribution in [-0.4, -0.2) is 63.9 Å². The van der Waals surface area contributed by atoms with Crippen LogP contribution in [0, 0.1) is 0 Å². The Kier molecular flexibility index (Phi) is 6.23. The average molecular weight is 479 g/mol. The van der Waals surface area contributed by atoms with Gasteiger partial charge >= 0.3 is 12.1 Å². The van der Waals surface area contributed by atoms with Crippen LogP contribution in [0.1, 0.15) is 55.6 Å². The molecule has 2 atom stereocenters. The Morgan fingerprint density at radius 3 is 2.20 bits per heavy atom. The van der Waals surface area contributed by atoms with Crippen LogP contribution < -0.4 is 5.32 Å². The molecular weight excluding hydrogens is 448 g/mol. The van der Waals surface area contributed by atoms with Gasteiger partial charge in [0, 0.05) is 18.9 Å². The molecule has 8 nitrogen and oxygen atoms in total. The van der Waals surface area contributed by atoms with Crippen molar-refractivity contribution in [2.24, 2.45) is 0 Å². The van der Waals surface area contributed by atoms with Gasteiger partial charge < -0.3 is 25.2 Å². The first-order chi connectivity index (χ1) is 16.9. The number of nitrogens with one attached hydrogen (secondary N) is 1. The number of benzene rings is 2. The standard InChI is InChI=1S/C27H30N2O6/c30-17-13-23(25(32)33)29(15-17)24(31)14-27(11-5-6-12-27)28-26(34)35-16-22-20-9-3-1-7-18(20)19-8-2-4-10-21(19)22/h1-4,7-10,17,22-23,30H,5-6,11-16H2,(H,28,34)(H,32,33)/t17-,23-/m0/s1. The van der Waals surface area contributed by atoms with E-state index in [0.717, 1.165) is 35.1 Å². The molecular formula is C27H30N2O6. The number of aliphatic carboxylic acids is 1. The molecule has 8 heteroatoms. The van der Waals surface area contributed by atoms with Crippen molar-refractivity contribution in [3.05, 3.63) is 59.7 Å². The number of hydrogen-bond donors (Lipinski definition) is 3. The number of nitrogens with zero attached hydrogens (tertiary/aromatic N) is 1. The second kappa shape index (κ2) is 9.34. The Morgan fingerprint density at radius 2 is 1.60 bits per heavy atom. The number of ether oxygens (including phenoxy) is 1. The number of carbonyl (C=O) groups is 3. The lowest BCUT2D eigenvalue weighted by Crippen LogP contribution is -2.51. The molecule has 1 saturated heterocycles. The monoisotopic (exact) mass is 478 g/mol. The third-order valence-electron chi connectivity index (χ3n) is 7.65. The van der Waals surface area contributed by atoms with E-state index in [9.17, 15) is 24.6 Å². The minimum atomic E-state index is -1.13. The van der Waals surface area contributed by atoms with Crippen molar-refractivity contribution in [1.82, 2.24) is 10.2 Å². The highest BCUT2D eigenvalue weighted by molar-refractivity contribution is 5.85. The molecule has 0 aromatic heterocycles. The third kappa shape index (κ3) is 4.50. The molecule has 1 saturated carbocycles. The highest BCUT2D eigenvalue weighted by atomic mass is 16.5. The maximum Gasteiger partial charge on any atom is 0.407 e. The number of likely N-dealkylation sites (tertiary alicyclic amines) is 1. The number of β-amino-alcohol motifs (C(OH)–C–C–N with tert-alkyl or cyclic N) is 1. The van der Waals surface area contributed by atoms with Gasteiger partial charge in [-0.2, -0.15) is 0 Å². The Balaban J connectivity index is 1.25. The largest absolute Gasteiger partial charge is 0.480 e. The number of hydrogen-bond acceptors (Lipinski definition) is 5. The van der Waals surface area contributed by atoms with E-state index in [1.807, 2.05) is 24.3 Å². The molecule has 0 radical (unpaired) electrons. The maximum atomic E-state index is 13.0. The fourth-order valence-electron chi connectivity index (χ4n) is 5.96. The Labute approximate surface area is 203 Å². The summed E-state index contributed by atoms with van der Waals surface area (Å²) in [5.74, 6) is -1.55. The summed E-state index contributed by atoms with van der Waals surface area (Å²) in [6.45, 7) is 0.181. The Hall–Kier alpha value is -3.39. The van der Waals surface area contributed by atoms with Gasteiger partial charge in [-0.1, -0.05) is 61.4 Å². The topological polar surface area (TPSA) is 116 Å². The number of aliphatic hydroxyl groups excluding tert-OH is 1. The highest BCUT2D eigenvalue weighted by Gasteiger charge is 2.44. The van der Waals surface area contributed by atoms with E-state index in [2.05, 4.69) is 29.6 Å². The van der Waals surface area contributed by atoms with Crippen molar-refractivity contribution >= 4 is 18.0 Å². The molecule has 35 heavy (non-hydrogen) atoms. The van der Waals surface area contributed by atoms with E-state index in [1.54, 1.807) is 0 Å². The molecule has 2 aromatic carbocycles. The predicted molar refractivity (Wildman–Crippen MR) is 128 cm³/mol. The van der Waals surface area contributed by atoms with Crippen LogP contribution >= 0.6 is 0 Å². The number of carbonyl (C=O) groups excluding carboxylic acids is 2. The van der Waals surface area contributed by atoms with E-state index in [4.69, 9.17) is 4.74 Å². The van der Waals surface area contributed by atoms with Crippen molar-refractivity contribution in [2.75, 3.05) is 13.2 Å². The molecule has 2 fully saturated rings. The van der Waals surface area contributed by atoms with Gasteiger partial charge in [0.15, 0.2) is 0 Å². The first-order valence-corrected chi connectivity index (χ1v) is 12.2. The summed E-state index contributed by atoms with van der Waals surface area (Å²) in [5.41, 5.74) is 3.78. The number of carboxylic acid groups (broad SMARTS) is 1. The van der Waals surface area contributed by atoms with Gasteiger partial charge in [0.2, 0.25) is 5.91 Å². The summed E-state index contributed by atoms with van der Waals surface area (Å²) >= 11 is 0. The fraction of sp³-hybridized carbons (Fsp3) is 0.444. The SMILES string of the molecule is O=C(NC1(CC(=O)N2C[C@@H](O)C[C@H]2C(=O)O)CCCC1)OCC1c2ccccc2-c2ccccc21. The minimum Gasteiger partial charge on any atom is -0.480 e. The third-order valence-corrected chi connectivity index (χ3v) is 7.65. The van der Waals surface area contributed by atoms with Crippen LogP contribution in [0.4, 0.5) is 4.79 Å². The summed E-state index contributed by atoms with van der Waals surface area (Å²) in [5, 5.41) is 22.3. The van der Waals surface area contributed by atoms with Crippen LogP contribution in [0.2, 0.25) is 0 Å². The Morgan fingerprint density at radius 1 is 1.00 bits per heavy atom. The first kappa shape index (κ1) is 23.4. The Bertz CT molecular complexity index is 1100. The number of alkyl carbamates (subject to hydrolysis) is 1. The zero-order valence-electron chi connectivity index (χ0n) is 19.5. The minimum absolute atomic E-state index is 0.00315. The molecule has 0 bridgehead atoms. The number of rotatable bonds is 6. The van der Waals surface area contributed by atoms with E-state index in [0.29, 0.717) is 12.8 Å². The molecule has 0 unspecified atom stereocenters. The molecule has 0 spiro atoms. The molecule has 2 aliphatic carbocycles. The summed E-state index contributed by atoms with van der Waals surface area (Å²) in [6, 6.07) is 15.2. The molecule has 3 aliphatic rings. The molecule has 3 N–H and O–H groups in total. The van der Waals surface area contributed by atoms with Gasteiger partial charge in [-0.25, -0.2) is 9.59 Å². The first-order valence-electron chi connectivity index (χ1n) is 12.2. The van der Waals surface area contributed by atoms with E-state index in [-0.39, 0.29) is 37.8 Å². The zero-order valence-corrected chi connectivity index (χ0v) is 19.5. The van der Waals surface area contributed by atoms with Gasteiger partial charge in [-0.15, -0.1) is 0 Å². The molecule has 1 heterocycles. The predicted octanol–water partition coefficient (Wildman–Crippen LogP) is 3.27. The number of fused-ring (bicyclic) bond motifs is 3. The lowest BCUT2D eigenvalue weighted by molar-refractivity contribution is -0.148. The number of amides is 2. The highest BCUT2D eigenvalue weighted by Crippen LogP contribution is 2.44. The van der Waals surface area contributed by atoms with E-state index < -0.39 is 29.7 Å². The van der Waals surface area contributed by atoms with E-state index >= 15 is 0 Å². The smallest absolute Gasteiger partial charge is 0.407 e. The van der Waals surface area contributed by atoms with Crippen LogP contribution in [0.15, 0.2) is 48.5 Å². The second-order valence-electron chi connectivity index (χ2n) is 9.90. The summed E-state index contributed by atoms with van der Waals surface area (Å²) in [6.07, 6.45) is 1.56. The van der Waals surface area contributed by atoms with Crippen molar-refractivity contribution in [3.63, 3.8) is 0 Å². The molecule has 1 aliphatic heterocycles. The van der Waals surface area contributed by atoms with Crippen LogP contribution in [0.25, 0.3) is 11.1 Å². The molecule has 5 rings (SSSR count). The maximum absolute atomic E-state index is 13.0.